The Labute approximate surface area is 109 Å². The van der Waals surface area contributed by atoms with Gasteiger partial charge >= 0.3 is 0 Å². The van der Waals surface area contributed by atoms with Crippen molar-refractivity contribution in [3.63, 3.8) is 0 Å². The van der Waals surface area contributed by atoms with Crippen molar-refractivity contribution in [2.75, 3.05) is 5.73 Å². The smallest absolute Gasteiger partial charge is 0.169 e. The molecule has 4 nitrogen and oxygen atoms in total. The Morgan fingerprint density at radius 1 is 1.35 bits per heavy atom. The summed E-state index contributed by atoms with van der Waals surface area (Å²) in [6.45, 7) is 2.53. The molecule has 0 saturated heterocycles. The summed E-state index contributed by atoms with van der Waals surface area (Å²) in [5.74, 6) is 0.464. The van der Waals surface area contributed by atoms with Gasteiger partial charge in [-0.2, -0.15) is 0 Å². The largest absolute Gasteiger partial charge is 0.381 e. The highest BCUT2D eigenvalue weighted by Crippen LogP contribution is 2.22. The Balaban J connectivity index is 2.34. The highest BCUT2D eigenvalue weighted by molar-refractivity contribution is 6.33. The monoisotopic (exact) mass is 270 g/mol. The van der Waals surface area contributed by atoms with Crippen molar-refractivity contribution in [1.82, 2.24) is 15.0 Å². The van der Waals surface area contributed by atoms with Gasteiger partial charge in [-0.3, -0.25) is 0 Å². The van der Waals surface area contributed by atoms with Crippen LogP contribution in [0.15, 0.2) is 18.2 Å². The average molecular weight is 271 g/mol. The standard InChI is InChI=1S/C11H12Cl2N4/c1-2-10-11(14)15-16-17(10)6-7-5-8(12)3-4-9(7)13/h3-5H,2,6,14H2,1H3. The number of halogens is 2. The minimum absolute atomic E-state index is 0.464. The first-order valence-electron chi connectivity index (χ1n) is 5.23. The molecular formula is C11H12Cl2N4. The lowest BCUT2D eigenvalue weighted by Gasteiger charge is -2.07. The first kappa shape index (κ1) is 12.2. The molecular weight excluding hydrogens is 259 g/mol. The van der Waals surface area contributed by atoms with Gasteiger partial charge < -0.3 is 5.73 Å². The Morgan fingerprint density at radius 3 is 2.82 bits per heavy atom. The number of nitrogens with zero attached hydrogens (tertiary/aromatic N) is 3. The maximum absolute atomic E-state index is 6.10. The van der Waals surface area contributed by atoms with Gasteiger partial charge in [-0.1, -0.05) is 35.3 Å². The van der Waals surface area contributed by atoms with E-state index >= 15 is 0 Å². The molecule has 0 aliphatic carbocycles. The molecule has 2 aromatic rings. The molecule has 0 spiro atoms. The Kier molecular flexibility index (Phi) is 3.54. The van der Waals surface area contributed by atoms with Gasteiger partial charge in [0.05, 0.1) is 12.2 Å². The van der Waals surface area contributed by atoms with Crippen LogP contribution in [0.4, 0.5) is 5.82 Å². The van der Waals surface area contributed by atoms with Crippen LogP contribution in [-0.4, -0.2) is 15.0 Å². The van der Waals surface area contributed by atoms with E-state index in [4.69, 9.17) is 28.9 Å². The van der Waals surface area contributed by atoms with E-state index in [2.05, 4.69) is 10.3 Å². The second-order valence-electron chi connectivity index (χ2n) is 3.67. The number of aromatic nitrogens is 3. The van der Waals surface area contributed by atoms with Crippen LogP contribution < -0.4 is 5.73 Å². The number of nitrogens with two attached hydrogens (primary N) is 1. The van der Waals surface area contributed by atoms with Gasteiger partial charge in [0.2, 0.25) is 0 Å². The maximum Gasteiger partial charge on any atom is 0.169 e. The van der Waals surface area contributed by atoms with E-state index in [0.29, 0.717) is 22.4 Å². The molecule has 6 heteroatoms. The highest BCUT2D eigenvalue weighted by atomic mass is 35.5. The third kappa shape index (κ3) is 2.53. The molecule has 0 bridgehead atoms. The molecule has 1 aromatic carbocycles. The number of benzene rings is 1. The average Bonchev–Trinajstić information content (AvgIpc) is 2.64. The van der Waals surface area contributed by atoms with Gasteiger partial charge in [0.25, 0.3) is 0 Å². The fraction of sp³-hybridized carbons (Fsp3) is 0.273. The highest BCUT2D eigenvalue weighted by Gasteiger charge is 2.10. The number of anilines is 1. The molecule has 0 unspecified atom stereocenters. The minimum atomic E-state index is 0.464. The van der Waals surface area contributed by atoms with E-state index < -0.39 is 0 Å². The van der Waals surface area contributed by atoms with Crippen LogP contribution in [-0.2, 0) is 13.0 Å². The summed E-state index contributed by atoms with van der Waals surface area (Å²) >= 11 is 12.0. The molecule has 2 N–H and O–H groups in total. The fourth-order valence-electron chi connectivity index (χ4n) is 1.66. The van der Waals surface area contributed by atoms with Crippen molar-refractivity contribution in [3.05, 3.63) is 39.5 Å². The van der Waals surface area contributed by atoms with Gasteiger partial charge in [-0.25, -0.2) is 4.68 Å². The van der Waals surface area contributed by atoms with Crippen LogP contribution >= 0.6 is 23.2 Å². The van der Waals surface area contributed by atoms with Gasteiger partial charge in [-0.15, -0.1) is 5.10 Å². The van der Waals surface area contributed by atoms with Crippen molar-refractivity contribution in [2.24, 2.45) is 0 Å². The Morgan fingerprint density at radius 2 is 2.12 bits per heavy atom. The number of hydrogen-bond acceptors (Lipinski definition) is 3. The van der Waals surface area contributed by atoms with Gasteiger partial charge in [0.15, 0.2) is 5.82 Å². The van der Waals surface area contributed by atoms with Crippen LogP contribution in [0, 0.1) is 0 Å². The summed E-state index contributed by atoms with van der Waals surface area (Å²) in [5, 5.41) is 9.15. The van der Waals surface area contributed by atoms with E-state index in [1.165, 1.54) is 0 Å². The summed E-state index contributed by atoms with van der Waals surface area (Å²) in [6, 6.07) is 5.34. The van der Waals surface area contributed by atoms with E-state index in [-0.39, 0.29) is 0 Å². The van der Waals surface area contributed by atoms with Crippen molar-refractivity contribution in [2.45, 2.75) is 19.9 Å². The molecule has 0 atom stereocenters. The van der Waals surface area contributed by atoms with Gasteiger partial charge in [0.1, 0.15) is 0 Å². The van der Waals surface area contributed by atoms with Gasteiger partial charge in [0, 0.05) is 10.0 Å². The molecule has 0 radical (unpaired) electrons. The normalized spacial score (nSPS) is 10.8. The van der Waals surface area contributed by atoms with Crippen molar-refractivity contribution in [1.29, 1.82) is 0 Å². The summed E-state index contributed by atoms with van der Waals surface area (Å²) in [5.41, 5.74) is 7.53. The van der Waals surface area contributed by atoms with E-state index in [1.54, 1.807) is 16.8 Å². The second-order valence-corrected chi connectivity index (χ2v) is 4.51. The third-order valence-electron chi connectivity index (χ3n) is 2.53. The van der Waals surface area contributed by atoms with Crippen LogP contribution in [0.5, 0.6) is 0 Å². The maximum atomic E-state index is 6.10. The molecule has 0 aliphatic rings. The molecule has 17 heavy (non-hydrogen) atoms. The molecule has 2 rings (SSSR count). The van der Waals surface area contributed by atoms with Crippen molar-refractivity contribution in [3.8, 4) is 0 Å². The van der Waals surface area contributed by atoms with E-state index in [1.807, 2.05) is 13.0 Å². The summed E-state index contributed by atoms with van der Waals surface area (Å²) in [4.78, 5) is 0. The topological polar surface area (TPSA) is 56.7 Å². The van der Waals surface area contributed by atoms with Crippen LogP contribution in [0.2, 0.25) is 10.0 Å². The lowest BCUT2D eigenvalue weighted by atomic mass is 10.2. The molecule has 1 aromatic heterocycles. The zero-order valence-electron chi connectivity index (χ0n) is 9.32. The number of rotatable bonds is 3. The molecule has 0 aliphatic heterocycles. The number of nitrogen functional groups attached to an aromatic ring is 1. The summed E-state index contributed by atoms with van der Waals surface area (Å²) < 4.78 is 1.74. The van der Waals surface area contributed by atoms with Crippen LogP contribution in [0.25, 0.3) is 0 Å². The first-order valence-corrected chi connectivity index (χ1v) is 5.99. The van der Waals surface area contributed by atoms with Crippen LogP contribution in [0.3, 0.4) is 0 Å². The SMILES string of the molecule is CCc1c(N)nnn1Cc1cc(Cl)ccc1Cl. The fourth-order valence-corrected chi connectivity index (χ4v) is 2.03. The van der Waals surface area contributed by atoms with Crippen molar-refractivity contribution >= 4 is 29.0 Å². The van der Waals surface area contributed by atoms with E-state index in [0.717, 1.165) is 17.7 Å². The molecule has 0 fully saturated rings. The van der Waals surface area contributed by atoms with E-state index in [9.17, 15) is 0 Å². The number of hydrogen-bond donors (Lipinski definition) is 1. The van der Waals surface area contributed by atoms with Gasteiger partial charge in [-0.05, 0) is 30.2 Å². The van der Waals surface area contributed by atoms with Crippen molar-refractivity contribution < 1.29 is 0 Å². The lowest BCUT2D eigenvalue weighted by Crippen LogP contribution is -2.07. The third-order valence-corrected chi connectivity index (χ3v) is 3.13. The summed E-state index contributed by atoms with van der Waals surface area (Å²) in [7, 11) is 0. The predicted octanol–water partition coefficient (Wildman–Crippen LogP) is 2.78. The quantitative estimate of drug-likeness (QED) is 0.933. The first-order chi connectivity index (χ1) is 8.11. The molecule has 90 valence electrons. The minimum Gasteiger partial charge on any atom is -0.381 e. The Bertz CT molecular complexity index is 536. The Hall–Kier alpha value is -1.26. The molecule has 1 heterocycles. The second kappa shape index (κ2) is 4.94. The van der Waals surface area contributed by atoms with Crippen LogP contribution in [0.1, 0.15) is 18.2 Å². The predicted molar refractivity (Wildman–Crippen MR) is 69.4 cm³/mol. The zero-order chi connectivity index (χ0) is 12.4. The summed E-state index contributed by atoms with van der Waals surface area (Å²) in [6.07, 6.45) is 0.775. The molecule has 0 saturated carbocycles. The lowest BCUT2D eigenvalue weighted by molar-refractivity contribution is 0.622. The molecule has 0 amide bonds. The zero-order valence-corrected chi connectivity index (χ0v) is 10.8.